The zero-order valence-corrected chi connectivity index (χ0v) is 16.6. The van der Waals surface area contributed by atoms with Crippen molar-refractivity contribution in [1.29, 1.82) is 0 Å². The number of hydrogen-bond donors (Lipinski definition) is 1. The first-order valence-corrected chi connectivity index (χ1v) is 10.2. The lowest BCUT2D eigenvalue weighted by molar-refractivity contribution is -0.652. The number of aliphatic hydroxyl groups is 1. The summed E-state index contributed by atoms with van der Waals surface area (Å²) in [4.78, 5) is 21.6. The molecule has 0 aliphatic carbocycles. The number of aromatic nitrogens is 3. The molecule has 0 bridgehead atoms. The van der Waals surface area contributed by atoms with E-state index < -0.39 is 0 Å². The van der Waals surface area contributed by atoms with Crippen LogP contribution in [0, 0.1) is 6.23 Å². The van der Waals surface area contributed by atoms with E-state index in [1.54, 1.807) is 35.3 Å². The summed E-state index contributed by atoms with van der Waals surface area (Å²) in [6, 6.07) is 20.3. The highest BCUT2D eigenvalue weighted by Crippen LogP contribution is 2.26. The van der Waals surface area contributed by atoms with Gasteiger partial charge in [0.05, 0.1) is 11.2 Å². The maximum Gasteiger partial charge on any atom is 0.250 e. The average molecular weight is 410 g/mol. The molecule has 146 valence electrons. The fourth-order valence-corrected chi connectivity index (χ4v) is 4.21. The number of nitrogens with zero attached hydrogens (tertiary/aromatic N) is 3. The first kappa shape index (κ1) is 18.3. The first-order chi connectivity index (χ1) is 14.7. The molecule has 0 fully saturated rings. The van der Waals surface area contributed by atoms with Crippen LogP contribution < -0.4 is 4.57 Å². The van der Waals surface area contributed by atoms with Crippen LogP contribution in [0.3, 0.4) is 0 Å². The molecule has 1 N–H and O–H groups in total. The van der Waals surface area contributed by atoms with Crippen molar-refractivity contribution in [2.75, 3.05) is 0 Å². The topological polar surface area (TPSA) is 67.0 Å². The van der Waals surface area contributed by atoms with E-state index in [0.29, 0.717) is 16.8 Å². The van der Waals surface area contributed by atoms with Gasteiger partial charge in [-0.05, 0) is 11.8 Å². The number of pyridine rings is 1. The number of rotatable bonds is 5. The number of ketones is 1. The van der Waals surface area contributed by atoms with Crippen LogP contribution in [-0.4, -0.2) is 20.9 Å². The van der Waals surface area contributed by atoms with E-state index in [4.69, 9.17) is 0 Å². The summed E-state index contributed by atoms with van der Waals surface area (Å²) in [5.41, 5.74) is 3.34. The minimum atomic E-state index is -0.0500. The van der Waals surface area contributed by atoms with Crippen molar-refractivity contribution < 1.29 is 14.5 Å². The largest absolute Gasteiger partial charge is 0.374 e. The van der Waals surface area contributed by atoms with Crippen LogP contribution in [-0.2, 0) is 0 Å². The molecule has 0 saturated heterocycles. The minimum absolute atomic E-state index is 0.0145. The monoisotopic (exact) mass is 410 g/mol. The Bertz CT molecular complexity index is 1330. The van der Waals surface area contributed by atoms with Gasteiger partial charge in [0.25, 0.3) is 0 Å². The Morgan fingerprint density at radius 2 is 1.93 bits per heavy atom. The van der Waals surface area contributed by atoms with E-state index in [0.717, 1.165) is 21.5 Å². The van der Waals surface area contributed by atoms with Gasteiger partial charge < -0.3 is 19.5 Å². The summed E-state index contributed by atoms with van der Waals surface area (Å²) in [6.07, 6.45) is 5.22. The van der Waals surface area contributed by atoms with E-state index in [-0.39, 0.29) is 12.0 Å². The van der Waals surface area contributed by atoms with Crippen LogP contribution in [0.25, 0.3) is 21.5 Å². The van der Waals surface area contributed by atoms with Crippen molar-refractivity contribution in [2.24, 2.45) is 0 Å². The van der Waals surface area contributed by atoms with Crippen molar-refractivity contribution in [3.8, 4) is 10.6 Å². The Morgan fingerprint density at radius 1 is 1.07 bits per heavy atom. The SMILES string of the molecule is O=C(c1ccccc1)c1ccc[c-]2c1cc[n+]2[C-](O)c1c[s+][c-](-c2cccnc2)n1. The van der Waals surface area contributed by atoms with Gasteiger partial charge in [-0.25, -0.2) is 0 Å². The second kappa shape index (κ2) is 7.59. The van der Waals surface area contributed by atoms with Crippen LogP contribution in [0.15, 0.2) is 90.7 Å². The highest BCUT2D eigenvalue weighted by molar-refractivity contribution is 7.13. The van der Waals surface area contributed by atoms with Gasteiger partial charge in [0.1, 0.15) is 11.2 Å². The molecule has 3 aromatic heterocycles. The zero-order valence-electron chi connectivity index (χ0n) is 15.8. The number of fused-ring (bicyclic) bond motifs is 1. The van der Waals surface area contributed by atoms with Gasteiger partial charge >= 0.3 is 0 Å². The van der Waals surface area contributed by atoms with Crippen LogP contribution in [0.5, 0.6) is 0 Å². The maximum atomic E-state index is 13.0. The molecule has 0 spiro atoms. The van der Waals surface area contributed by atoms with Gasteiger partial charge in [-0.3, -0.25) is 4.98 Å². The van der Waals surface area contributed by atoms with Crippen LogP contribution in [0.4, 0.5) is 0 Å². The average Bonchev–Trinajstić information content (AvgIpc) is 3.47. The Labute approximate surface area is 176 Å². The molecule has 5 nitrogen and oxygen atoms in total. The van der Waals surface area contributed by atoms with Gasteiger partial charge in [0.15, 0.2) is 11.3 Å². The third-order valence-corrected chi connectivity index (χ3v) is 5.77. The number of carbonyl (C=O) groups excluding carboxylic acids is 1. The third-order valence-electron chi connectivity index (χ3n) is 4.88. The van der Waals surface area contributed by atoms with Crippen molar-refractivity contribution in [3.05, 3.63) is 114 Å². The molecule has 5 aromatic rings. The molecule has 0 radical (unpaired) electrons. The molecular weight excluding hydrogens is 394 g/mol. The number of aliphatic hydroxyl groups excluding tert-OH is 1. The Kier molecular flexibility index (Phi) is 4.63. The maximum absolute atomic E-state index is 13.0. The molecule has 0 aliphatic rings. The van der Waals surface area contributed by atoms with Crippen molar-refractivity contribution in [2.45, 2.75) is 0 Å². The third kappa shape index (κ3) is 3.18. The van der Waals surface area contributed by atoms with Crippen LogP contribution in [0.1, 0.15) is 21.6 Å². The van der Waals surface area contributed by atoms with Gasteiger partial charge in [-0.2, -0.15) is 18.2 Å². The molecule has 30 heavy (non-hydrogen) atoms. The molecular formula is C24H16N3O2S-. The predicted molar refractivity (Wildman–Crippen MR) is 115 cm³/mol. The molecule has 0 atom stereocenters. The van der Waals surface area contributed by atoms with Gasteiger partial charge in [-0.1, -0.05) is 42.0 Å². The summed E-state index contributed by atoms with van der Waals surface area (Å²) in [5, 5.41) is 14.3. The fraction of sp³-hybridized carbons (Fsp3) is 0. The number of carbonyl (C=O) groups is 1. The van der Waals surface area contributed by atoms with E-state index in [2.05, 4.69) is 9.97 Å². The minimum Gasteiger partial charge on any atom is -0.374 e. The normalized spacial score (nSPS) is 11.0. The highest BCUT2D eigenvalue weighted by atomic mass is 32.1. The highest BCUT2D eigenvalue weighted by Gasteiger charge is 2.19. The standard InChI is InChI=1S/C24H16N3O2S/c28-22(16-6-2-1-3-7-16)19-9-4-10-21-18(19)11-13-27(21)24(29)20-15-30-23(26-20)17-8-5-12-25-14-17/h1-15,29H/q-1. The van der Waals surface area contributed by atoms with Crippen molar-refractivity contribution in [1.82, 2.24) is 9.97 Å². The Balaban J connectivity index is 1.52. The molecule has 0 saturated carbocycles. The molecule has 3 heterocycles. The molecule has 6 heteroatoms. The molecule has 5 rings (SSSR count). The number of benzene rings is 2. The smallest absolute Gasteiger partial charge is 0.250 e. The molecule has 0 aliphatic heterocycles. The number of hydrogen-bond acceptors (Lipinski definition) is 4. The predicted octanol–water partition coefficient (Wildman–Crippen LogP) is 4.35. The Morgan fingerprint density at radius 3 is 2.73 bits per heavy atom. The first-order valence-electron chi connectivity index (χ1n) is 9.35. The quantitative estimate of drug-likeness (QED) is 0.202. The lowest BCUT2D eigenvalue weighted by Gasteiger charge is -2.14. The molecule has 0 unspecified atom stereocenters. The van der Waals surface area contributed by atoms with Crippen LogP contribution in [0.2, 0.25) is 0 Å². The summed E-state index contributed by atoms with van der Waals surface area (Å²) >= 11 is 1.44. The van der Waals surface area contributed by atoms with Crippen molar-refractivity contribution >= 4 is 28.0 Å². The van der Waals surface area contributed by atoms with Gasteiger partial charge in [0.2, 0.25) is 11.2 Å². The van der Waals surface area contributed by atoms with E-state index >= 15 is 0 Å². The number of thiazole rings is 1. The Hall–Kier alpha value is -3.74. The molecule has 2 aromatic carbocycles. The summed E-state index contributed by atoms with van der Waals surface area (Å²) in [5.74, 6) is -0.0500. The van der Waals surface area contributed by atoms with Gasteiger partial charge in [-0.15, -0.1) is 17.5 Å². The summed E-state index contributed by atoms with van der Waals surface area (Å²) in [6.45, 7) is 0. The lowest BCUT2D eigenvalue weighted by Crippen LogP contribution is -2.39. The van der Waals surface area contributed by atoms with Gasteiger partial charge in [0, 0.05) is 18.0 Å². The van der Waals surface area contributed by atoms with E-state index in [1.165, 1.54) is 11.3 Å². The van der Waals surface area contributed by atoms with Crippen LogP contribution >= 0.6 is 11.3 Å². The van der Waals surface area contributed by atoms with Crippen molar-refractivity contribution in [3.63, 3.8) is 0 Å². The summed E-state index contributed by atoms with van der Waals surface area (Å²) < 4.78 is 1.65. The second-order valence-corrected chi connectivity index (χ2v) is 7.58. The zero-order chi connectivity index (χ0) is 20.5. The van der Waals surface area contributed by atoms with E-state index in [9.17, 15) is 9.90 Å². The lowest BCUT2D eigenvalue weighted by atomic mass is 10.0. The summed E-state index contributed by atoms with van der Waals surface area (Å²) in [7, 11) is 0. The second-order valence-electron chi connectivity index (χ2n) is 6.72. The molecule has 0 amide bonds. The fourth-order valence-electron chi connectivity index (χ4n) is 3.42. The van der Waals surface area contributed by atoms with E-state index in [1.807, 2.05) is 60.0 Å².